The van der Waals surface area contributed by atoms with E-state index in [1.165, 1.54) is 5.56 Å². The summed E-state index contributed by atoms with van der Waals surface area (Å²) in [5.41, 5.74) is 14.1. The standard InChI is InChI=1S/C14H16N4S/c1-4-10-8(2)17-18(9(10)3)11-5-6-12-14(13(11)15)16-7-19-12/h5-7H,4,15H2,1-3H3. The first-order chi connectivity index (χ1) is 9.13. The number of anilines is 1. The molecule has 2 aromatic heterocycles. The quantitative estimate of drug-likeness (QED) is 0.729. The minimum Gasteiger partial charge on any atom is -0.395 e. The molecule has 0 aliphatic rings. The first-order valence-corrected chi connectivity index (χ1v) is 7.18. The highest BCUT2D eigenvalue weighted by Crippen LogP contribution is 2.30. The van der Waals surface area contributed by atoms with E-state index in [-0.39, 0.29) is 0 Å². The molecule has 0 saturated carbocycles. The van der Waals surface area contributed by atoms with E-state index in [4.69, 9.17) is 5.73 Å². The monoisotopic (exact) mass is 272 g/mol. The zero-order valence-corrected chi connectivity index (χ0v) is 12.1. The van der Waals surface area contributed by atoms with Gasteiger partial charge >= 0.3 is 0 Å². The minimum absolute atomic E-state index is 0.701. The Morgan fingerprint density at radius 2 is 2.11 bits per heavy atom. The summed E-state index contributed by atoms with van der Waals surface area (Å²) in [4.78, 5) is 4.34. The third-order valence-corrected chi connectivity index (χ3v) is 4.34. The summed E-state index contributed by atoms with van der Waals surface area (Å²) in [5, 5.41) is 4.62. The van der Waals surface area contributed by atoms with Gasteiger partial charge in [-0.2, -0.15) is 5.10 Å². The zero-order chi connectivity index (χ0) is 13.6. The van der Waals surface area contributed by atoms with E-state index in [0.29, 0.717) is 5.69 Å². The van der Waals surface area contributed by atoms with Crippen LogP contribution in [0.1, 0.15) is 23.9 Å². The van der Waals surface area contributed by atoms with E-state index in [9.17, 15) is 0 Å². The summed E-state index contributed by atoms with van der Waals surface area (Å²) in [6.07, 6.45) is 0.983. The summed E-state index contributed by atoms with van der Waals surface area (Å²) in [6, 6.07) is 4.08. The van der Waals surface area contributed by atoms with Crippen molar-refractivity contribution in [3.8, 4) is 5.69 Å². The van der Waals surface area contributed by atoms with Crippen molar-refractivity contribution >= 4 is 27.2 Å². The minimum atomic E-state index is 0.701. The van der Waals surface area contributed by atoms with Gasteiger partial charge in [0.05, 0.1) is 27.3 Å². The number of aromatic nitrogens is 3. The summed E-state index contributed by atoms with van der Waals surface area (Å²) < 4.78 is 3.04. The predicted octanol–water partition coefficient (Wildman–Crippen LogP) is 3.24. The highest BCUT2D eigenvalue weighted by molar-refractivity contribution is 7.16. The van der Waals surface area contributed by atoms with E-state index in [1.807, 2.05) is 23.2 Å². The molecular weight excluding hydrogens is 256 g/mol. The summed E-state index contributed by atoms with van der Waals surface area (Å²) in [5.74, 6) is 0. The molecule has 19 heavy (non-hydrogen) atoms. The molecule has 0 unspecified atom stereocenters. The van der Waals surface area contributed by atoms with Crippen LogP contribution in [-0.2, 0) is 6.42 Å². The van der Waals surface area contributed by atoms with Gasteiger partial charge in [0, 0.05) is 5.69 Å². The van der Waals surface area contributed by atoms with Crippen LogP contribution in [0.25, 0.3) is 15.9 Å². The molecule has 3 aromatic rings. The molecular formula is C14H16N4S. The Balaban J connectivity index is 2.27. The van der Waals surface area contributed by atoms with Crippen LogP contribution in [0.15, 0.2) is 17.6 Å². The number of rotatable bonds is 2. The van der Waals surface area contributed by atoms with Crippen LogP contribution in [0.3, 0.4) is 0 Å². The van der Waals surface area contributed by atoms with Gasteiger partial charge in [-0.1, -0.05) is 6.92 Å². The first kappa shape index (κ1) is 12.2. The largest absolute Gasteiger partial charge is 0.395 e. The molecule has 98 valence electrons. The van der Waals surface area contributed by atoms with Crippen molar-refractivity contribution in [3.63, 3.8) is 0 Å². The van der Waals surface area contributed by atoms with Crippen molar-refractivity contribution in [1.82, 2.24) is 14.8 Å². The van der Waals surface area contributed by atoms with E-state index in [1.54, 1.807) is 11.3 Å². The van der Waals surface area contributed by atoms with Crippen LogP contribution in [0.5, 0.6) is 0 Å². The lowest BCUT2D eigenvalue weighted by Gasteiger charge is -2.08. The normalized spacial score (nSPS) is 11.3. The maximum absolute atomic E-state index is 6.25. The van der Waals surface area contributed by atoms with Gasteiger partial charge in [-0.15, -0.1) is 11.3 Å². The first-order valence-electron chi connectivity index (χ1n) is 6.30. The number of hydrogen-bond donors (Lipinski definition) is 1. The third kappa shape index (κ3) is 1.73. The lowest BCUT2D eigenvalue weighted by atomic mass is 10.1. The van der Waals surface area contributed by atoms with E-state index in [0.717, 1.165) is 33.7 Å². The highest BCUT2D eigenvalue weighted by Gasteiger charge is 2.15. The molecule has 4 nitrogen and oxygen atoms in total. The Morgan fingerprint density at radius 1 is 1.32 bits per heavy atom. The van der Waals surface area contributed by atoms with Crippen molar-refractivity contribution in [2.45, 2.75) is 27.2 Å². The summed E-state index contributed by atoms with van der Waals surface area (Å²) in [6.45, 7) is 6.28. The van der Waals surface area contributed by atoms with Gasteiger partial charge in [-0.3, -0.25) is 0 Å². The molecule has 0 bridgehead atoms. The van der Waals surface area contributed by atoms with Crippen molar-refractivity contribution < 1.29 is 0 Å². The van der Waals surface area contributed by atoms with E-state index < -0.39 is 0 Å². The Morgan fingerprint density at radius 3 is 2.79 bits per heavy atom. The van der Waals surface area contributed by atoms with Gasteiger partial charge in [-0.05, 0) is 38.0 Å². The molecule has 3 rings (SSSR count). The van der Waals surface area contributed by atoms with Crippen molar-refractivity contribution in [2.24, 2.45) is 0 Å². The molecule has 0 aliphatic heterocycles. The van der Waals surface area contributed by atoms with Crippen LogP contribution < -0.4 is 5.73 Å². The average molecular weight is 272 g/mol. The average Bonchev–Trinajstić information content (AvgIpc) is 2.96. The van der Waals surface area contributed by atoms with Gasteiger partial charge in [0.15, 0.2) is 0 Å². The number of nitrogens with two attached hydrogens (primary N) is 1. The Hall–Kier alpha value is -1.88. The van der Waals surface area contributed by atoms with Crippen LogP contribution in [0, 0.1) is 13.8 Å². The fourth-order valence-corrected chi connectivity index (χ4v) is 3.24. The van der Waals surface area contributed by atoms with Crippen molar-refractivity contribution in [3.05, 3.63) is 34.6 Å². The smallest absolute Gasteiger partial charge is 0.106 e. The Bertz CT molecular complexity index is 754. The fraction of sp³-hybridized carbons (Fsp3) is 0.286. The van der Waals surface area contributed by atoms with Crippen molar-refractivity contribution in [1.29, 1.82) is 0 Å². The number of fused-ring (bicyclic) bond motifs is 1. The van der Waals surface area contributed by atoms with E-state index >= 15 is 0 Å². The molecule has 2 heterocycles. The SMILES string of the molecule is CCc1c(C)nn(-c2ccc3scnc3c2N)c1C. The molecule has 0 amide bonds. The topological polar surface area (TPSA) is 56.7 Å². The molecule has 0 fully saturated rings. The highest BCUT2D eigenvalue weighted by atomic mass is 32.1. The second-order valence-electron chi connectivity index (χ2n) is 4.61. The number of benzene rings is 1. The molecule has 0 radical (unpaired) electrons. The van der Waals surface area contributed by atoms with Crippen LogP contribution in [-0.4, -0.2) is 14.8 Å². The van der Waals surface area contributed by atoms with E-state index in [2.05, 4.69) is 30.0 Å². The lowest BCUT2D eigenvalue weighted by molar-refractivity contribution is 0.835. The van der Waals surface area contributed by atoms with Crippen molar-refractivity contribution in [2.75, 3.05) is 5.73 Å². The van der Waals surface area contributed by atoms with Crippen LogP contribution in [0.2, 0.25) is 0 Å². The van der Waals surface area contributed by atoms with Crippen LogP contribution in [0.4, 0.5) is 5.69 Å². The number of nitrogen functional groups attached to an aromatic ring is 1. The van der Waals surface area contributed by atoms with Gasteiger partial charge in [0.25, 0.3) is 0 Å². The maximum atomic E-state index is 6.25. The predicted molar refractivity (Wildman–Crippen MR) is 80.0 cm³/mol. The summed E-state index contributed by atoms with van der Waals surface area (Å²) >= 11 is 1.60. The molecule has 0 aliphatic carbocycles. The number of thiazole rings is 1. The molecule has 1 aromatic carbocycles. The zero-order valence-electron chi connectivity index (χ0n) is 11.3. The van der Waals surface area contributed by atoms with Gasteiger partial charge < -0.3 is 5.73 Å². The van der Waals surface area contributed by atoms with Crippen LogP contribution >= 0.6 is 11.3 Å². The Kier molecular flexibility index (Phi) is 2.78. The third-order valence-electron chi connectivity index (χ3n) is 3.54. The second-order valence-corrected chi connectivity index (χ2v) is 5.50. The lowest BCUT2D eigenvalue weighted by Crippen LogP contribution is -2.04. The number of nitrogens with zero attached hydrogens (tertiary/aromatic N) is 3. The van der Waals surface area contributed by atoms with Gasteiger partial charge in [0.1, 0.15) is 5.52 Å². The fourth-order valence-electron chi connectivity index (χ4n) is 2.55. The van der Waals surface area contributed by atoms with Gasteiger partial charge in [0.2, 0.25) is 0 Å². The molecule has 0 spiro atoms. The second kappa shape index (κ2) is 4.35. The maximum Gasteiger partial charge on any atom is 0.106 e. The molecule has 0 saturated heterocycles. The summed E-state index contributed by atoms with van der Waals surface area (Å²) in [7, 11) is 0. The number of aryl methyl sites for hydroxylation is 1. The molecule has 5 heteroatoms. The molecule has 2 N–H and O–H groups in total. The Labute approximate surface area is 115 Å². The van der Waals surface area contributed by atoms with Gasteiger partial charge in [-0.25, -0.2) is 9.67 Å². The number of hydrogen-bond acceptors (Lipinski definition) is 4. The molecule has 0 atom stereocenters.